The molecule has 0 aliphatic rings. The minimum absolute atomic E-state index is 0.00866. The molecule has 0 atom stereocenters. The summed E-state index contributed by atoms with van der Waals surface area (Å²) in [6, 6.07) is 0.316. The van der Waals surface area contributed by atoms with Crippen LogP contribution in [0.15, 0.2) is 44.8 Å². The molecule has 40 heavy (non-hydrogen) atoms. The average molecular weight is 679 g/mol. The first-order valence-electron chi connectivity index (χ1n) is 9.73. The van der Waals surface area contributed by atoms with E-state index in [-0.39, 0.29) is 71.5 Å². The lowest BCUT2D eigenvalue weighted by molar-refractivity contribution is -0.144. The molecule has 0 saturated carbocycles. The van der Waals surface area contributed by atoms with E-state index in [4.69, 9.17) is 12.2 Å². The molecule has 0 aliphatic heterocycles. The van der Waals surface area contributed by atoms with Crippen LogP contribution in [0.1, 0.15) is 43.0 Å². The zero-order valence-electron chi connectivity index (χ0n) is 18.4. The summed E-state index contributed by atoms with van der Waals surface area (Å²) in [5, 5.41) is -2.65. The maximum Gasteiger partial charge on any atom is 0.416 e. The Labute approximate surface area is 236 Å². The number of hydrogen-bond donors (Lipinski definition) is 0. The highest BCUT2D eigenvalue weighted by Gasteiger charge is 2.39. The average Bonchev–Trinajstić information content (AvgIpc) is 3.14. The van der Waals surface area contributed by atoms with Gasteiger partial charge in [-0.25, -0.2) is 0 Å². The first-order chi connectivity index (χ1) is 18.1. The van der Waals surface area contributed by atoms with E-state index in [9.17, 15) is 62.3 Å². The summed E-state index contributed by atoms with van der Waals surface area (Å²) in [6.07, 6.45) is -21.0. The highest BCUT2D eigenvalue weighted by Crippen LogP contribution is 2.45. The molecule has 2 nitrogen and oxygen atoms in total. The van der Waals surface area contributed by atoms with Crippen molar-refractivity contribution >= 4 is 68.6 Å². The quantitative estimate of drug-likeness (QED) is 0.156. The van der Waals surface area contributed by atoms with Crippen molar-refractivity contribution in [2.75, 3.05) is 0 Å². The van der Waals surface area contributed by atoms with Crippen molar-refractivity contribution in [3.63, 3.8) is 0 Å². The van der Waals surface area contributed by atoms with Crippen LogP contribution in [-0.2, 0) is 24.7 Å². The number of carbonyl (C=O) groups is 2. The molecular weight excluding hydrogens is 673 g/mol. The largest absolute Gasteiger partial charge is 0.416 e. The third-order valence-corrected chi connectivity index (χ3v) is 9.79. The molecule has 0 bridgehead atoms. The summed E-state index contributed by atoms with van der Waals surface area (Å²) in [6.45, 7) is 0. The summed E-state index contributed by atoms with van der Waals surface area (Å²) in [7, 11) is 0. The van der Waals surface area contributed by atoms with Crippen molar-refractivity contribution in [1.82, 2.24) is 0 Å². The van der Waals surface area contributed by atoms with Gasteiger partial charge in [-0.15, -0.1) is 22.7 Å². The normalized spacial score (nSPS) is 13.0. The second-order valence-corrected chi connectivity index (χ2v) is 13.1. The van der Waals surface area contributed by atoms with Gasteiger partial charge in [0.2, 0.25) is 10.2 Å². The molecule has 0 aliphatic carbocycles. The molecule has 3 rings (SSSR count). The zero-order chi connectivity index (χ0) is 30.4. The third-order valence-electron chi connectivity index (χ3n) is 4.54. The fraction of sp³-hybridized carbons (Fsp3) is 0.190. The predicted octanol–water partition coefficient (Wildman–Crippen LogP) is 10.5. The highest BCUT2D eigenvalue weighted by atomic mass is 32.2. The summed E-state index contributed by atoms with van der Waals surface area (Å²) in [5.41, 5.74) is -9.08. The number of alkyl halides is 12. The van der Waals surface area contributed by atoms with E-state index in [2.05, 4.69) is 0 Å². The molecule has 3 aromatic rings. The van der Waals surface area contributed by atoms with Crippen LogP contribution in [0.4, 0.5) is 52.7 Å². The number of halogens is 12. The van der Waals surface area contributed by atoms with E-state index >= 15 is 0 Å². The molecule has 0 fully saturated rings. The first-order valence-corrected chi connectivity index (χ1v) is 13.4. The Morgan fingerprint density at radius 2 is 0.775 bits per heavy atom. The van der Waals surface area contributed by atoms with Gasteiger partial charge in [-0.3, -0.25) is 9.59 Å². The number of hydrogen-bond acceptors (Lipinski definition) is 7. The standard InChI is InChI=1S/C21H6F12O2S5/c22-18(23,24)9-1-7(2-10(5-9)19(25,26)27)13(34)37-15-16(40-17(36)39-15)38-14(35)8-3-11(20(28,29)30)6-12(4-8)21(31,32)33/h1-6H. The van der Waals surface area contributed by atoms with Crippen molar-refractivity contribution in [3.8, 4) is 0 Å². The van der Waals surface area contributed by atoms with E-state index in [1.165, 1.54) is 0 Å². The molecule has 0 spiro atoms. The van der Waals surface area contributed by atoms with Gasteiger partial charge in [0.05, 0.1) is 30.7 Å². The Kier molecular flexibility index (Phi) is 9.16. The third kappa shape index (κ3) is 8.01. The summed E-state index contributed by atoms with van der Waals surface area (Å²) < 4.78 is 157. The maximum absolute atomic E-state index is 13.1. The van der Waals surface area contributed by atoms with E-state index in [1.807, 2.05) is 0 Å². The molecule has 1 aromatic heterocycles. The Hall–Kier alpha value is -2.09. The molecule has 19 heteroatoms. The molecule has 1 heterocycles. The van der Waals surface area contributed by atoms with Crippen LogP contribution in [0.25, 0.3) is 0 Å². The van der Waals surface area contributed by atoms with Gasteiger partial charge < -0.3 is 0 Å². The van der Waals surface area contributed by atoms with E-state index < -0.39 is 68.3 Å². The smallest absolute Gasteiger partial charge is 0.281 e. The molecule has 216 valence electrons. The Morgan fingerprint density at radius 1 is 0.525 bits per heavy atom. The Bertz CT molecular complexity index is 1340. The summed E-state index contributed by atoms with van der Waals surface area (Å²) >= 11 is 6.33. The molecule has 0 unspecified atom stereocenters. The minimum Gasteiger partial charge on any atom is -0.281 e. The van der Waals surface area contributed by atoms with Crippen LogP contribution in [0.5, 0.6) is 0 Å². The first kappa shape index (κ1) is 32.4. The number of thioether (sulfide) groups is 2. The highest BCUT2D eigenvalue weighted by molar-refractivity contribution is 8.19. The Morgan fingerprint density at radius 3 is 1.00 bits per heavy atom. The van der Waals surface area contributed by atoms with Crippen molar-refractivity contribution in [2.24, 2.45) is 0 Å². The predicted molar refractivity (Wildman–Crippen MR) is 126 cm³/mol. The van der Waals surface area contributed by atoms with E-state index in [0.717, 1.165) is 0 Å². The van der Waals surface area contributed by atoms with E-state index in [1.54, 1.807) is 0 Å². The van der Waals surface area contributed by atoms with Gasteiger partial charge in [-0.1, -0.05) is 12.2 Å². The molecule has 0 radical (unpaired) electrons. The van der Waals surface area contributed by atoms with Gasteiger partial charge >= 0.3 is 24.7 Å². The fourth-order valence-corrected chi connectivity index (χ4v) is 8.34. The Balaban J connectivity index is 1.97. The van der Waals surface area contributed by atoms with Gasteiger partial charge in [0.25, 0.3) is 0 Å². The molecule has 0 amide bonds. The minimum atomic E-state index is -5.24. The lowest BCUT2D eigenvalue weighted by Crippen LogP contribution is -2.13. The second kappa shape index (κ2) is 11.3. The lowest BCUT2D eigenvalue weighted by Gasteiger charge is -2.14. The van der Waals surface area contributed by atoms with Gasteiger partial charge in [0.1, 0.15) is 3.14 Å². The number of benzene rings is 2. The van der Waals surface area contributed by atoms with Crippen LogP contribution in [0, 0.1) is 3.14 Å². The number of carbonyl (C=O) groups excluding carboxylic acids is 2. The zero-order valence-corrected chi connectivity index (χ0v) is 22.4. The van der Waals surface area contributed by atoms with Crippen LogP contribution < -0.4 is 0 Å². The van der Waals surface area contributed by atoms with Crippen LogP contribution in [-0.4, -0.2) is 10.2 Å². The molecule has 0 saturated heterocycles. The van der Waals surface area contributed by atoms with Crippen molar-refractivity contribution in [1.29, 1.82) is 0 Å². The topological polar surface area (TPSA) is 34.1 Å². The maximum atomic E-state index is 13.1. The molecule has 0 N–H and O–H groups in total. The van der Waals surface area contributed by atoms with Crippen LogP contribution in [0.2, 0.25) is 0 Å². The lowest BCUT2D eigenvalue weighted by atomic mass is 10.1. The van der Waals surface area contributed by atoms with Gasteiger partial charge in [-0.2, -0.15) is 52.7 Å². The van der Waals surface area contributed by atoms with Gasteiger partial charge in [0, 0.05) is 11.1 Å². The molecular formula is C21H6F12O2S5. The summed E-state index contributed by atoms with van der Waals surface area (Å²) in [4.78, 5) is 25.3. The van der Waals surface area contributed by atoms with Gasteiger partial charge in [0.15, 0.2) is 0 Å². The summed E-state index contributed by atoms with van der Waals surface area (Å²) in [5.74, 6) is 0. The second-order valence-electron chi connectivity index (χ2n) is 7.40. The van der Waals surface area contributed by atoms with Crippen LogP contribution in [0.3, 0.4) is 0 Å². The van der Waals surface area contributed by atoms with E-state index in [0.29, 0.717) is 22.7 Å². The van der Waals surface area contributed by atoms with Crippen LogP contribution >= 0.6 is 58.4 Å². The monoisotopic (exact) mass is 678 g/mol. The van der Waals surface area contributed by atoms with Crippen molar-refractivity contribution < 1.29 is 62.3 Å². The van der Waals surface area contributed by atoms with Crippen molar-refractivity contribution in [2.45, 2.75) is 33.1 Å². The van der Waals surface area contributed by atoms with Crippen molar-refractivity contribution in [3.05, 3.63) is 72.9 Å². The van der Waals surface area contributed by atoms with Gasteiger partial charge in [-0.05, 0) is 59.9 Å². The number of rotatable bonds is 4. The fourth-order valence-electron chi connectivity index (χ4n) is 2.81. The SMILES string of the molecule is O=C(Sc1sc(=S)sc1SC(=O)c1cc(C(F)(F)F)cc(C(F)(F)F)c1)c1cc(C(F)(F)F)cc(C(F)(F)F)c1. The molecule has 2 aromatic carbocycles.